The zero-order chi connectivity index (χ0) is 19.3. The van der Waals surface area contributed by atoms with Crippen LogP contribution in [0.25, 0.3) is 0 Å². The molecule has 0 saturated carbocycles. The minimum absolute atomic E-state index is 0.0181. The van der Waals surface area contributed by atoms with Crippen LogP contribution in [-0.2, 0) is 24.3 Å². The van der Waals surface area contributed by atoms with E-state index >= 15 is 0 Å². The molecule has 10 nitrogen and oxygen atoms in total. The second-order valence-corrected chi connectivity index (χ2v) is 7.39. The molecule has 0 spiro atoms. The Bertz CT molecular complexity index is 817. The van der Waals surface area contributed by atoms with Crippen LogP contribution < -0.4 is 11.1 Å². The molecule has 0 aliphatic carbocycles. The Kier molecular flexibility index (Phi) is 6.29. The maximum Gasteiger partial charge on any atom is 0.338 e. The van der Waals surface area contributed by atoms with Gasteiger partial charge in [-0.05, 0) is 24.6 Å². The summed E-state index contributed by atoms with van der Waals surface area (Å²) in [7, 11) is -3.79. The standard InChI is InChI=1S/C15H19N3O7S/c1-10-2-3-11(14(20)25-9-13(19)17-15(16)21)8-12(10)26(22,23)18-4-6-24-7-5-18/h2-3,8H,4-7,9H2,1H3,(H3,16,17,19,21). The topological polar surface area (TPSA) is 145 Å². The average Bonchev–Trinajstić information content (AvgIpc) is 2.60. The number of primary amides is 1. The summed E-state index contributed by atoms with van der Waals surface area (Å²) in [6, 6.07) is 3.00. The number of sulfonamides is 1. The molecule has 1 aliphatic rings. The van der Waals surface area contributed by atoms with E-state index in [0.29, 0.717) is 18.8 Å². The lowest BCUT2D eigenvalue weighted by molar-refractivity contribution is -0.123. The van der Waals surface area contributed by atoms with Crippen LogP contribution in [0.5, 0.6) is 0 Å². The third kappa shape index (κ3) is 4.77. The number of carbonyl (C=O) groups excluding carboxylic acids is 3. The van der Waals surface area contributed by atoms with Crippen molar-refractivity contribution in [1.29, 1.82) is 0 Å². The maximum absolute atomic E-state index is 12.8. The number of urea groups is 1. The fraction of sp³-hybridized carbons (Fsp3) is 0.400. The molecule has 3 N–H and O–H groups in total. The van der Waals surface area contributed by atoms with Gasteiger partial charge in [0.05, 0.1) is 23.7 Å². The highest BCUT2D eigenvalue weighted by Crippen LogP contribution is 2.22. The van der Waals surface area contributed by atoms with Gasteiger partial charge in [-0.15, -0.1) is 0 Å². The van der Waals surface area contributed by atoms with E-state index in [1.54, 1.807) is 12.2 Å². The number of nitrogens with two attached hydrogens (primary N) is 1. The van der Waals surface area contributed by atoms with E-state index in [-0.39, 0.29) is 23.5 Å². The smallest absolute Gasteiger partial charge is 0.338 e. The number of esters is 1. The van der Waals surface area contributed by atoms with Crippen molar-refractivity contribution >= 4 is 27.9 Å². The van der Waals surface area contributed by atoms with Crippen molar-refractivity contribution in [3.8, 4) is 0 Å². The van der Waals surface area contributed by atoms with Gasteiger partial charge in [0.2, 0.25) is 10.0 Å². The number of nitrogens with one attached hydrogen (secondary N) is 1. The molecule has 0 bridgehead atoms. The summed E-state index contributed by atoms with van der Waals surface area (Å²) in [5.74, 6) is -1.79. The summed E-state index contributed by atoms with van der Waals surface area (Å²) in [5.41, 5.74) is 5.21. The van der Waals surface area contributed by atoms with Gasteiger partial charge in [0.15, 0.2) is 6.61 Å². The van der Waals surface area contributed by atoms with Crippen molar-refractivity contribution in [2.24, 2.45) is 5.73 Å². The third-order valence-electron chi connectivity index (χ3n) is 3.61. The molecule has 0 unspecified atom stereocenters. The molecule has 1 heterocycles. The molecule has 1 saturated heterocycles. The van der Waals surface area contributed by atoms with Gasteiger partial charge in [0.1, 0.15) is 0 Å². The number of ether oxygens (including phenoxy) is 2. The number of amides is 3. The summed E-state index contributed by atoms with van der Waals surface area (Å²) in [4.78, 5) is 33.8. The van der Waals surface area contributed by atoms with E-state index in [1.165, 1.54) is 22.5 Å². The molecule has 142 valence electrons. The molecule has 0 aromatic heterocycles. The van der Waals surface area contributed by atoms with Gasteiger partial charge in [-0.3, -0.25) is 10.1 Å². The summed E-state index contributed by atoms with van der Waals surface area (Å²) in [5, 5.41) is 1.75. The second kappa shape index (κ2) is 8.25. The highest BCUT2D eigenvalue weighted by Gasteiger charge is 2.28. The first-order valence-corrected chi connectivity index (χ1v) is 9.11. The molecular formula is C15H19N3O7S. The van der Waals surface area contributed by atoms with Gasteiger partial charge < -0.3 is 15.2 Å². The summed E-state index contributed by atoms with van der Waals surface area (Å²) in [6.07, 6.45) is 0. The third-order valence-corrected chi connectivity index (χ3v) is 5.65. The monoisotopic (exact) mass is 385 g/mol. The Morgan fingerprint density at radius 3 is 2.54 bits per heavy atom. The molecule has 1 aromatic rings. The van der Waals surface area contributed by atoms with E-state index in [0.717, 1.165) is 0 Å². The van der Waals surface area contributed by atoms with Crippen molar-refractivity contribution in [2.45, 2.75) is 11.8 Å². The van der Waals surface area contributed by atoms with Crippen molar-refractivity contribution < 1.29 is 32.3 Å². The summed E-state index contributed by atoms with van der Waals surface area (Å²) >= 11 is 0. The van der Waals surface area contributed by atoms with Crippen molar-refractivity contribution in [1.82, 2.24) is 9.62 Å². The van der Waals surface area contributed by atoms with Crippen molar-refractivity contribution in [2.75, 3.05) is 32.9 Å². The Morgan fingerprint density at radius 2 is 1.92 bits per heavy atom. The van der Waals surface area contributed by atoms with E-state index in [9.17, 15) is 22.8 Å². The van der Waals surface area contributed by atoms with Gasteiger partial charge in [-0.1, -0.05) is 6.07 Å². The second-order valence-electron chi connectivity index (χ2n) is 5.49. The Balaban J connectivity index is 2.17. The Hall–Kier alpha value is -2.50. The fourth-order valence-electron chi connectivity index (χ4n) is 2.32. The number of rotatable bonds is 5. The largest absolute Gasteiger partial charge is 0.452 e. The van der Waals surface area contributed by atoms with Crippen LogP contribution in [0.3, 0.4) is 0 Å². The van der Waals surface area contributed by atoms with Gasteiger partial charge in [0.25, 0.3) is 5.91 Å². The SMILES string of the molecule is Cc1ccc(C(=O)OCC(=O)NC(N)=O)cc1S(=O)(=O)N1CCOCC1. The lowest BCUT2D eigenvalue weighted by Crippen LogP contribution is -2.40. The zero-order valence-electron chi connectivity index (χ0n) is 14.1. The molecule has 0 radical (unpaired) electrons. The molecular weight excluding hydrogens is 366 g/mol. The Morgan fingerprint density at radius 1 is 1.27 bits per heavy atom. The predicted molar refractivity (Wildman–Crippen MR) is 88.8 cm³/mol. The van der Waals surface area contributed by atoms with Crippen LogP contribution in [0.1, 0.15) is 15.9 Å². The van der Waals surface area contributed by atoms with Gasteiger partial charge in [-0.2, -0.15) is 4.31 Å². The van der Waals surface area contributed by atoms with E-state index in [1.807, 2.05) is 0 Å². The van der Waals surface area contributed by atoms with Crippen LogP contribution in [0.15, 0.2) is 23.1 Å². The maximum atomic E-state index is 12.8. The Labute approximate surface area is 150 Å². The number of morpholine rings is 1. The van der Waals surface area contributed by atoms with E-state index in [4.69, 9.17) is 15.2 Å². The van der Waals surface area contributed by atoms with Gasteiger partial charge >= 0.3 is 12.0 Å². The minimum Gasteiger partial charge on any atom is -0.452 e. The first kappa shape index (κ1) is 19.8. The first-order chi connectivity index (χ1) is 12.2. The first-order valence-electron chi connectivity index (χ1n) is 7.67. The van der Waals surface area contributed by atoms with Crippen LogP contribution in [0.4, 0.5) is 4.79 Å². The summed E-state index contributed by atoms with van der Waals surface area (Å²) < 4.78 is 36.7. The molecule has 11 heteroatoms. The molecule has 26 heavy (non-hydrogen) atoms. The lowest BCUT2D eigenvalue weighted by Gasteiger charge is -2.26. The highest BCUT2D eigenvalue weighted by atomic mass is 32.2. The number of nitrogens with zero attached hydrogens (tertiary/aromatic N) is 1. The number of imide groups is 1. The predicted octanol–water partition coefficient (Wildman–Crippen LogP) is -0.632. The van der Waals surface area contributed by atoms with Crippen LogP contribution in [0, 0.1) is 6.92 Å². The number of hydrogen-bond donors (Lipinski definition) is 2. The normalized spacial score (nSPS) is 15.3. The number of hydrogen-bond acceptors (Lipinski definition) is 7. The zero-order valence-corrected chi connectivity index (χ0v) is 14.9. The highest BCUT2D eigenvalue weighted by molar-refractivity contribution is 7.89. The molecule has 1 fully saturated rings. The summed E-state index contributed by atoms with van der Waals surface area (Å²) in [6.45, 7) is 1.95. The molecule has 0 atom stereocenters. The number of carbonyl (C=O) groups is 3. The lowest BCUT2D eigenvalue weighted by atomic mass is 10.1. The number of benzene rings is 1. The average molecular weight is 385 g/mol. The van der Waals surface area contributed by atoms with Crippen molar-refractivity contribution in [3.05, 3.63) is 29.3 Å². The van der Waals surface area contributed by atoms with Crippen LogP contribution >= 0.6 is 0 Å². The van der Waals surface area contributed by atoms with Crippen LogP contribution in [0.2, 0.25) is 0 Å². The van der Waals surface area contributed by atoms with Gasteiger partial charge in [0, 0.05) is 13.1 Å². The van der Waals surface area contributed by atoms with Crippen molar-refractivity contribution in [3.63, 3.8) is 0 Å². The quantitative estimate of drug-likeness (QED) is 0.642. The van der Waals surface area contributed by atoms with Gasteiger partial charge in [-0.25, -0.2) is 18.0 Å². The van der Waals surface area contributed by atoms with E-state index < -0.39 is 34.5 Å². The minimum atomic E-state index is -3.79. The number of aryl methyl sites for hydroxylation is 1. The molecule has 1 aliphatic heterocycles. The molecule has 1 aromatic carbocycles. The molecule has 3 amide bonds. The fourth-order valence-corrected chi connectivity index (χ4v) is 3.98. The molecule has 2 rings (SSSR count). The van der Waals surface area contributed by atoms with E-state index in [2.05, 4.69) is 0 Å². The van der Waals surface area contributed by atoms with Crippen LogP contribution in [-0.4, -0.2) is 63.5 Å².